The van der Waals surface area contributed by atoms with Gasteiger partial charge < -0.3 is 10.1 Å². The first-order valence-corrected chi connectivity index (χ1v) is 12.7. The van der Waals surface area contributed by atoms with E-state index in [0.29, 0.717) is 5.69 Å². The fourth-order valence-corrected chi connectivity index (χ4v) is 5.84. The van der Waals surface area contributed by atoms with Crippen LogP contribution in [0.4, 0.5) is 11.4 Å². The number of hydrogen-bond donors (Lipinski definition) is 1. The van der Waals surface area contributed by atoms with Gasteiger partial charge >= 0.3 is 0 Å². The van der Waals surface area contributed by atoms with Gasteiger partial charge in [-0.25, -0.2) is 13.4 Å². The summed E-state index contributed by atoms with van der Waals surface area (Å²) in [6.45, 7) is 4.86. The number of thiazole rings is 1. The van der Waals surface area contributed by atoms with Crippen LogP contribution in [0.2, 0.25) is 0 Å². The summed E-state index contributed by atoms with van der Waals surface area (Å²) in [6, 6.07) is 11.5. The van der Waals surface area contributed by atoms with Gasteiger partial charge in [-0.05, 0) is 25.5 Å². The third-order valence-corrected chi connectivity index (χ3v) is 8.17. The minimum atomic E-state index is -3.94. The van der Waals surface area contributed by atoms with Crippen molar-refractivity contribution in [3.63, 3.8) is 0 Å². The van der Waals surface area contributed by atoms with Crippen LogP contribution in [0.5, 0.6) is 0 Å². The summed E-state index contributed by atoms with van der Waals surface area (Å²) in [5.74, 6) is 0. The lowest BCUT2D eigenvalue weighted by atomic mass is 10.0. The van der Waals surface area contributed by atoms with Gasteiger partial charge in [0.2, 0.25) is 10.0 Å². The van der Waals surface area contributed by atoms with Crippen molar-refractivity contribution in [1.29, 1.82) is 0 Å². The summed E-state index contributed by atoms with van der Waals surface area (Å²) in [7, 11) is -3.94. The molecule has 0 aliphatic carbocycles. The molecule has 11 heteroatoms. The number of ether oxygens (including phenoxy) is 1. The number of benzene rings is 2. The molecule has 3 aromatic rings. The number of anilines is 1. The first kappa shape index (κ1) is 23.3. The van der Waals surface area contributed by atoms with Gasteiger partial charge in [0.1, 0.15) is 4.90 Å². The van der Waals surface area contributed by atoms with Crippen LogP contribution >= 0.6 is 11.3 Å². The number of aryl methyl sites for hydroxylation is 1. The van der Waals surface area contributed by atoms with Crippen LogP contribution in [0.3, 0.4) is 0 Å². The largest absolute Gasteiger partial charge is 0.379 e. The molecule has 0 saturated carbocycles. The highest BCUT2D eigenvalue weighted by atomic mass is 32.2. The SMILES string of the molecule is Cc1nc(-c2ccc([C@@H](C)Nc3ccc([N+](=O)[O-])cc3S(=O)(=O)N3CCOCC3)cc2)cs1. The zero-order valence-electron chi connectivity index (χ0n) is 18.2. The Morgan fingerprint density at radius 2 is 1.88 bits per heavy atom. The second-order valence-corrected chi connectivity index (χ2v) is 10.7. The number of morpholine rings is 1. The van der Waals surface area contributed by atoms with Gasteiger partial charge in [0.25, 0.3) is 5.69 Å². The van der Waals surface area contributed by atoms with Gasteiger partial charge in [-0.1, -0.05) is 24.3 Å². The van der Waals surface area contributed by atoms with Crippen molar-refractivity contribution in [2.24, 2.45) is 0 Å². The smallest absolute Gasteiger partial charge is 0.270 e. The molecular weight excluding hydrogens is 464 g/mol. The normalized spacial score (nSPS) is 15.8. The molecule has 0 amide bonds. The van der Waals surface area contributed by atoms with E-state index in [9.17, 15) is 18.5 Å². The van der Waals surface area contributed by atoms with Crippen molar-refractivity contribution in [2.45, 2.75) is 24.8 Å². The first-order valence-electron chi connectivity index (χ1n) is 10.4. The Morgan fingerprint density at radius 1 is 1.18 bits per heavy atom. The maximum absolute atomic E-state index is 13.3. The molecule has 1 saturated heterocycles. The van der Waals surface area contributed by atoms with Crippen LogP contribution in [0, 0.1) is 17.0 Å². The molecule has 4 rings (SSSR count). The van der Waals surface area contributed by atoms with E-state index in [1.54, 1.807) is 11.3 Å². The molecular formula is C22H24N4O5S2. The predicted molar refractivity (Wildman–Crippen MR) is 127 cm³/mol. The molecule has 1 aromatic heterocycles. The van der Waals surface area contributed by atoms with E-state index in [1.807, 2.05) is 43.5 Å². The number of aromatic nitrogens is 1. The first-order chi connectivity index (χ1) is 15.8. The van der Waals surface area contributed by atoms with Crippen molar-refractivity contribution in [2.75, 3.05) is 31.6 Å². The molecule has 0 bridgehead atoms. The van der Waals surface area contributed by atoms with E-state index in [4.69, 9.17) is 4.74 Å². The summed E-state index contributed by atoms with van der Waals surface area (Å²) in [4.78, 5) is 15.1. The van der Waals surface area contributed by atoms with E-state index in [2.05, 4.69) is 10.3 Å². The van der Waals surface area contributed by atoms with Crippen LogP contribution in [-0.2, 0) is 14.8 Å². The maximum Gasteiger partial charge on any atom is 0.270 e. The summed E-state index contributed by atoms with van der Waals surface area (Å²) in [6.07, 6.45) is 0. The highest BCUT2D eigenvalue weighted by Gasteiger charge is 2.30. The van der Waals surface area contributed by atoms with Crippen LogP contribution in [-0.4, -0.2) is 48.9 Å². The number of nitro groups is 1. The summed E-state index contributed by atoms with van der Waals surface area (Å²) in [5, 5.41) is 17.5. The van der Waals surface area contributed by atoms with Crippen LogP contribution in [0.15, 0.2) is 52.7 Å². The minimum Gasteiger partial charge on any atom is -0.379 e. The molecule has 1 aliphatic heterocycles. The Balaban J connectivity index is 1.62. The summed E-state index contributed by atoms with van der Waals surface area (Å²) >= 11 is 1.59. The Kier molecular flexibility index (Phi) is 6.75. The van der Waals surface area contributed by atoms with Crippen LogP contribution in [0.1, 0.15) is 23.5 Å². The lowest BCUT2D eigenvalue weighted by molar-refractivity contribution is -0.385. The average molecular weight is 489 g/mol. The Labute approximate surface area is 196 Å². The minimum absolute atomic E-state index is 0.111. The lowest BCUT2D eigenvalue weighted by Gasteiger charge is -2.27. The van der Waals surface area contributed by atoms with E-state index in [1.165, 1.54) is 16.4 Å². The third-order valence-electron chi connectivity index (χ3n) is 5.46. The fourth-order valence-electron chi connectivity index (χ4n) is 3.64. The van der Waals surface area contributed by atoms with E-state index < -0.39 is 14.9 Å². The topological polar surface area (TPSA) is 115 Å². The molecule has 2 heterocycles. The zero-order valence-corrected chi connectivity index (χ0v) is 19.9. The van der Waals surface area contributed by atoms with Gasteiger partial charge in [-0.15, -0.1) is 11.3 Å². The van der Waals surface area contributed by atoms with E-state index in [-0.39, 0.29) is 42.9 Å². The second kappa shape index (κ2) is 9.56. The number of nitrogens with zero attached hydrogens (tertiary/aromatic N) is 3. The zero-order chi connectivity index (χ0) is 23.6. The van der Waals surface area contributed by atoms with Gasteiger partial charge in [-0.3, -0.25) is 10.1 Å². The van der Waals surface area contributed by atoms with Crippen molar-refractivity contribution in [3.05, 3.63) is 68.5 Å². The summed E-state index contributed by atoms with van der Waals surface area (Å²) in [5.41, 5.74) is 2.90. The molecule has 1 aliphatic rings. The van der Waals surface area contributed by atoms with Crippen molar-refractivity contribution in [1.82, 2.24) is 9.29 Å². The fraction of sp³-hybridized carbons (Fsp3) is 0.318. The predicted octanol–water partition coefficient (Wildman–Crippen LogP) is 4.22. The monoisotopic (exact) mass is 488 g/mol. The molecule has 0 unspecified atom stereocenters. The van der Waals surface area contributed by atoms with Gasteiger partial charge in [0.05, 0.1) is 34.5 Å². The number of nitrogens with one attached hydrogen (secondary N) is 1. The molecule has 9 nitrogen and oxygen atoms in total. The quantitative estimate of drug-likeness (QED) is 0.391. The number of hydrogen-bond acceptors (Lipinski definition) is 8. The highest BCUT2D eigenvalue weighted by Crippen LogP contribution is 2.32. The van der Waals surface area contributed by atoms with E-state index >= 15 is 0 Å². The molecule has 1 atom stereocenters. The van der Waals surface area contributed by atoms with Crippen LogP contribution < -0.4 is 5.32 Å². The average Bonchev–Trinajstić information content (AvgIpc) is 3.26. The molecule has 0 radical (unpaired) electrons. The number of nitro benzene ring substituents is 1. The maximum atomic E-state index is 13.3. The molecule has 0 spiro atoms. The second-order valence-electron chi connectivity index (χ2n) is 7.69. The van der Waals surface area contributed by atoms with Gasteiger partial charge in [-0.2, -0.15) is 4.31 Å². The van der Waals surface area contributed by atoms with E-state index in [0.717, 1.165) is 27.9 Å². The molecule has 1 N–H and O–H groups in total. The molecule has 1 fully saturated rings. The standard InChI is InChI=1S/C22H24N4O5S2/c1-15(17-3-5-18(6-4-17)21-14-32-16(2)24-21)23-20-8-7-19(26(27)28)13-22(20)33(29,30)25-9-11-31-12-10-25/h3-8,13-15,23H,9-12H2,1-2H3/t15-/m1/s1. The van der Waals surface area contributed by atoms with Crippen LogP contribution in [0.25, 0.3) is 11.3 Å². The Bertz CT molecular complexity index is 1250. The van der Waals surface area contributed by atoms with Crippen molar-refractivity contribution < 1.29 is 18.1 Å². The summed E-state index contributed by atoms with van der Waals surface area (Å²) < 4.78 is 33.2. The van der Waals surface area contributed by atoms with Crippen molar-refractivity contribution in [3.8, 4) is 11.3 Å². The molecule has 33 heavy (non-hydrogen) atoms. The van der Waals surface area contributed by atoms with Crippen molar-refractivity contribution >= 4 is 32.7 Å². The molecule has 2 aromatic carbocycles. The van der Waals surface area contributed by atoms with Gasteiger partial charge in [0.15, 0.2) is 0 Å². The number of sulfonamides is 1. The van der Waals surface area contributed by atoms with Gasteiger partial charge in [0, 0.05) is 42.2 Å². The Hall–Kier alpha value is -2.86. The Morgan fingerprint density at radius 3 is 2.48 bits per heavy atom. The number of non-ortho nitro benzene ring substituents is 1. The molecule has 174 valence electrons. The number of rotatable bonds is 7. The lowest BCUT2D eigenvalue weighted by Crippen LogP contribution is -2.40. The third kappa shape index (κ3) is 5.06. The highest BCUT2D eigenvalue weighted by molar-refractivity contribution is 7.89.